The predicted molar refractivity (Wildman–Crippen MR) is 99.3 cm³/mol. The molecule has 0 amide bonds. The Hall–Kier alpha value is -1.34. The molecule has 136 valence electrons. The van der Waals surface area contributed by atoms with E-state index >= 15 is 0 Å². The largest absolute Gasteiger partial charge is 0.491 e. The molecule has 0 saturated carbocycles. The van der Waals surface area contributed by atoms with Crippen LogP contribution in [-0.4, -0.2) is 45.2 Å². The second-order valence-electron chi connectivity index (χ2n) is 5.58. The van der Waals surface area contributed by atoms with E-state index < -0.39 is 6.10 Å². The van der Waals surface area contributed by atoms with E-state index in [0.29, 0.717) is 12.6 Å². The van der Waals surface area contributed by atoms with Crippen LogP contribution in [0.15, 0.2) is 36.9 Å². The molecule has 24 heavy (non-hydrogen) atoms. The van der Waals surface area contributed by atoms with E-state index in [1.54, 1.807) is 6.33 Å². The summed E-state index contributed by atoms with van der Waals surface area (Å²) in [4.78, 5) is 3.92. The summed E-state index contributed by atoms with van der Waals surface area (Å²) in [6.07, 6.45) is 3.64. The molecule has 1 aromatic carbocycles. The number of aromatic nitrogens is 3. The molecule has 0 radical (unpaired) electrons. The normalized spacial score (nSPS) is 11.5. The van der Waals surface area contributed by atoms with E-state index in [2.05, 4.69) is 15.4 Å². The van der Waals surface area contributed by atoms with Gasteiger partial charge in [-0.05, 0) is 24.1 Å². The van der Waals surface area contributed by atoms with E-state index in [4.69, 9.17) is 4.74 Å². The van der Waals surface area contributed by atoms with E-state index in [0.717, 1.165) is 18.7 Å². The quantitative estimate of drug-likeness (QED) is 0.700. The summed E-state index contributed by atoms with van der Waals surface area (Å²) < 4.78 is 7.40. The summed E-state index contributed by atoms with van der Waals surface area (Å²) in [6, 6.07) is 8.29. The van der Waals surface area contributed by atoms with Gasteiger partial charge in [-0.1, -0.05) is 26.0 Å². The van der Waals surface area contributed by atoms with Gasteiger partial charge in [0.1, 0.15) is 31.1 Å². The Morgan fingerprint density at radius 1 is 1.21 bits per heavy atom. The second-order valence-corrected chi connectivity index (χ2v) is 5.58. The van der Waals surface area contributed by atoms with E-state index in [-0.39, 0.29) is 31.4 Å². The van der Waals surface area contributed by atoms with Crippen LogP contribution in [0.1, 0.15) is 19.4 Å². The van der Waals surface area contributed by atoms with Gasteiger partial charge in [0.05, 0.1) is 0 Å². The smallest absolute Gasteiger partial charge is 0.137 e. The molecule has 0 aliphatic carbocycles. The molecule has 1 heterocycles. The van der Waals surface area contributed by atoms with Gasteiger partial charge in [-0.2, -0.15) is 5.10 Å². The van der Waals surface area contributed by atoms with Crippen LogP contribution < -0.4 is 10.1 Å². The number of aryl methyl sites for hydroxylation is 2. The third-order valence-electron chi connectivity index (χ3n) is 3.22. The SMILES string of the molecule is CC(C)NCC(O)COc1ccc(CCn2cncn2)cc1.Cl.Cl. The first-order chi connectivity index (χ1) is 10.6. The Balaban J connectivity index is 0.00000264. The third kappa shape index (κ3) is 8.49. The number of halogens is 2. The number of ether oxygens (including phenoxy) is 1. The van der Waals surface area contributed by atoms with Crippen molar-refractivity contribution in [3.05, 3.63) is 42.5 Å². The summed E-state index contributed by atoms with van der Waals surface area (Å²) in [7, 11) is 0. The van der Waals surface area contributed by atoms with Gasteiger partial charge in [-0.3, -0.25) is 4.68 Å². The second kappa shape index (κ2) is 12.1. The highest BCUT2D eigenvalue weighted by atomic mass is 35.5. The molecule has 0 aliphatic rings. The summed E-state index contributed by atoms with van der Waals surface area (Å²) >= 11 is 0. The van der Waals surface area contributed by atoms with Gasteiger partial charge in [-0.15, -0.1) is 24.8 Å². The third-order valence-corrected chi connectivity index (χ3v) is 3.22. The van der Waals surface area contributed by atoms with E-state index in [9.17, 15) is 5.11 Å². The van der Waals surface area contributed by atoms with E-state index in [1.165, 1.54) is 11.9 Å². The van der Waals surface area contributed by atoms with Gasteiger partial charge >= 0.3 is 0 Å². The van der Waals surface area contributed by atoms with Crippen molar-refractivity contribution in [2.45, 2.75) is 39.0 Å². The van der Waals surface area contributed by atoms with Crippen LogP contribution in [0.25, 0.3) is 0 Å². The molecular weight excluding hydrogens is 351 g/mol. The number of benzene rings is 1. The highest BCUT2D eigenvalue weighted by molar-refractivity contribution is 5.85. The molecule has 1 unspecified atom stereocenters. The molecule has 1 aromatic heterocycles. The van der Waals surface area contributed by atoms with Crippen LogP contribution in [0, 0.1) is 0 Å². The minimum Gasteiger partial charge on any atom is -0.491 e. The zero-order chi connectivity index (χ0) is 15.8. The van der Waals surface area contributed by atoms with Crippen LogP contribution in [0.3, 0.4) is 0 Å². The summed E-state index contributed by atoms with van der Waals surface area (Å²) in [6.45, 7) is 5.72. The van der Waals surface area contributed by atoms with Crippen molar-refractivity contribution in [1.29, 1.82) is 0 Å². The van der Waals surface area contributed by atoms with Gasteiger partial charge in [0.15, 0.2) is 0 Å². The highest BCUT2D eigenvalue weighted by Gasteiger charge is 2.06. The number of nitrogens with zero attached hydrogens (tertiary/aromatic N) is 3. The maximum Gasteiger partial charge on any atom is 0.137 e. The molecule has 0 fully saturated rings. The predicted octanol–water partition coefficient (Wildman–Crippen LogP) is 2.10. The first-order valence-electron chi connectivity index (χ1n) is 7.59. The molecule has 8 heteroatoms. The topological polar surface area (TPSA) is 72.2 Å². The zero-order valence-corrected chi connectivity index (χ0v) is 15.6. The fraction of sp³-hybridized carbons (Fsp3) is 0.500. The van der Waals surface area contributed by atoms with Crippen molar-refractivity contribution in [1.82, 2.24) is 20.1 Å². The lowest BCUT2D eigenvalue weighted by atomic mass is 10.1. The van der Waals surface area contributed by atoms with Crippen LogP contribution in [0.2, 0.25) is 0 Å². The lowest BCUT2D eigenvalue weighted by molar-refractivity contribution is 0.104. The average molecular weight is 377 g/mol. The number of nitrogens with one attached hydrogen (secondary N) is 1. The molecule has 2 N–H and O–H groups in total. The van der Waals surface area contributed by atoms with Crippen molar-refractivity contribution in [3.8, 4) is 5.75 Å². The van der Waals surface area contributed by atoms with Crippen LogP contribution in [-0.2, 0) is 13.0 Å². The summed E-state index contributed by atoms with van der Waals surface area (Å²) in [5.41, 5.74) is 1.21. The Morgan fingerprint density at radius 3 is 2.50 bits per heavy atom. The molecule has 0 spiro atoms. The monoisotopic (exact) mass is 376 g/mol. The summed E-state index contributed by atoms with van der Waals surface area (Å²) in [5, 5.41) is 17.1. The number of hydrogen-bond donors (Lipinski definition) is 2. The standard InChI is InChI=1S/C16H24N4O2.2ClH/c1-13(2)18-9-15(21)10-22-16-5-3-14(4-6-16)7-8-20-12-17-11-19-20;;/h3-6,11-13,15,18,21H,7-10H2,1-2H3;2*1H. The fourth-order valence-corrected chi connectivity index (χ4v) is 1.97. The van der Waals surface area contributed by atoms with Crippen molar-refractivity contribution in [2.24, 2.45) is 0 Å². The number of rotatable bonds is 9. The summed E-state index contributed by atoms with van der Waals surface area (Å²) in [5.74, 6) is 0.771. The van der Waals surface area contributed by atoms with Crippen molar-refractivity contribution < 1.29 is 9.84 Å². The van der Waals surface area contributed by atoms with Crippen molar-refractivity contribution in [2.75, 3.05) is 13.2 Å². The molecule has 0 bridgehead atoms. The Bertz CT molecular complexity index is 536. The van der Waals surface area contributed by atoms with Gasteiger partial charge < -0.3 is 15.2 Å². The van der Waals surface area contributed by atoms with Crippen molar-refractivity contribution >= 4 is 24.8 Å². The molecule has 0 aliphatic heterocycles. The molecule has 1 atom stereocenters. The van der Waals surface area contributed by atoms with Gasteiger partial charge in [0, 0.05) is 19.1 Å². The van der Waals surface area contributed by atoms with E-state index in [1.807, 2.05) is 42.8 Å². The molecule has 2 rings (SSSR count). The van der Waals surface area contributed by atoms with Crippen LogP contribution in [0.5, 0.6) is 5.75 Å². The zero-order valence-electron chi connectivity index (χ0n) is 14.0. The maximum absolute atomic E-state index is 9.80. The Labute approximate surface area is 155 Å². The van der Waals surface area contributed by atoms with Crippen LogP contribution in [0.4, 0.5) is 0 Å². The minimum absolute atomic E-state index is 0. The first kappa shape index (κ1) is 22.7. The molecule has 2 aromatic rings. The Morgan fingerprint density at radius 2 is 1.92 bits per heavy atom. The van der Waals surface area contributed by atoms with Gasteiger partial charge in [0.2, 0.25) is 0 Å². The molecular formula is C16H26Cl2N4O2. The van der Waals surface area contributed by atoms with Crippen LogP contribution >= 0.6 is 24.8 Å². The van der Waals surface area contributed by atoms with Gasteiger partial charge in [0.25, 0.3) is 0 Å². The fourth-order valence-electron chi connectivity index (χ4n) is 1.97. The molecule has 0 saturated heterocycles. The number of aliphatic hydroxyl groups is 1. The number of hydrogen-bond acceptors (Lipinski definition) is 5. The van der Waals surface area contributed by atoms with Gasteiger partial charge in [-0.25, -0.2) is 4.98 Å². The molecule has 6 nitrogen and oxygen atoms in total. The highest BCUT2D eigenvalue weighted by Crippen LogP contribution is 2.13. The Kier molecular flexibility index (Phi) is 11.4. The maximum atomic E-state index is 9.80. The van der Waals surface area contributed by atoms with Crippen molar-refractivity contribution in [3.63, 3.8) is 0 Å². The average Bonchev–Trinajstić information content (AvgIpc) is 3.03. The number of aliphatic hydroxyl groups excluding tert-OH is 1. The minimum atomic E-state index is -0.505. The first-order valence-corrected chi connectivity index (χ1v) is 7.59. The lowest BCUT2D eigenvalue weighted by Gasteiger charge is -2.15. The lowest BCUT2D eigenvalue weighted by Crippen LogP contribution is -2.35.